The van der Waals surface area contributed by atoms with Crippen LogP contribution in [-0.2, 0) is 5.92 Å². The van der Waals surface area contributed by atoms with Crippen molar-refractivity contribution >= 4 is 11.6 Å². The summed E-state index contributed by atoms with van der Waals surface area (Å²) in [5, 5.41) is 0.543. The minimum atomic E-state index is -2.89. The smallest absolute Gasteiger partial charge is 0.270 e. The summed E-state index contributed by atoms with van der Waals surface area (Å²) in [5.41, 5.74) is 2.30. The molecule has 0 saturated heterocycles. The number of rotatable bonds is 4. The number of alkyl halides is 2. The van der Waals surface area contributed by atoms with Crippen molar-refractivity contribution in [3.63, 3.8) is 0 Å². The maximum Gasteiger partial charge on any atom is 0.270 e. The van der Waals surface area contributed by atoms with Gasteiger partial charge in [-0.1, -0.05) is 11.6 Å². The zero-order valence-corrected chi connectivity index (χ0v) is 14.4. The molecule has 6 heteroatoms. The first-order valence-electron chi connectivity index (χ1n) is 7.58. The van der Waals surface area contributed by atoms with Crippen LogP contribution in [0.3, 0.4) is 0 Å². The Morgan fingerprint density at radius 3 is 2.44 bits per heavy atom. The number of aromatic nitrogens is 2. The van der Waals surface area contributed by atoms with Crippen LogP contribution in [0.4, 0.5) is 8.78 Å². The summed E-state index contributed by atoms with van der Waals surface area (Å²) in [7, 11) is 0. The molecular weight excluding hydrogens is 346 g/mol. The molecule has 25 heavy (non-hydrogen) atoms. The maximum atomic E-state index is 13.3. The van der Waals surface area contributed by atoms with E-state index in [1.165, 1.54) is 24.3 Å². The van der Waals surface area contributed by atoms with Crippen LogP contribution in [-0.4, -0.2) is 9.97 Å². The van der Waals surface area contributed by atoms with Gasteiger partial charge in [0.1, 0.15) is 5.75 Å². The molecule has 3 aromatic rings. The highest BCUT2D eigenvalue weighted by Gasteiger charge is 2.24. The molecule has 1 aromatic carbocycles. The number of hydrogen-bond acceptors (Lipinski definition) is 3. The third-order valence-corrected chi connectivity index (χ3v) is 4.17. The van der Waals surface area contributed by atoms with E-state index in [2.05, 4.69) is 9.97 Å². The number of benzene rings is 1. The molecule has 0 aliphatic heterocycles. The number of nitrogens with zero attached hydrogens (tertiary/aromatic N) is 2. The van der Waals surface area contributed by atoms with Crippen molar-refractivity contribution in [1.82, 2.24) is 9.97 Å². The lowest BCUT2D eigenvalue weighted by molar-refractivity contribution is 0.0174. The normalized spacial score (nSPS) is 11.4. The topological polar surface area (TPSA) is 35.0 Å². The first-order chi connectivity index (χ1) is 11.9. The molecule has 0 aliphatic rings. The van der Waals surface area contributed by atoms with Crippen LogP contribution < -0.4 is 4.74 Å². The van der Waals surface area contributed by atoms with E-state index in [4.69, 9.17) is 16.3 Å². The molecule has 2 heterocycles. The van der Waals surface area contributed by atoms with Gasteiger partial charge in [-0.2, -0.15) is 0 Å². The number of halogens is 3. The molecule has 128 valence electrons. The molecule has 0 unspecified atom stereocenters. The molecule has 0 radical (unpaired) electrons. The lowest BCUT2D eigenvalue weighted by Crippen LogP contribution is -2.06. The second-order valence-corrected chi connectivity index (χ2v) is 6.07. The highest BCUT2D eigenvalue weighted by Crippen LogP contribution is 2.35. The summed E-state index contributed by atoms with van der Waals surface area (Å²) in [6.07, 6.45) is 4.85. The Morgan fingerprint density at radius 1 is 1.04 bits per heavy atom. The molecule has 0 amide bonds. The van der Waals surface area contributed by atoms with Crippen LogP contribution in [0.1, 0.15) is 18.1 Å². The van der Waals surface area contributed by atoms with E-state index in [0.29, 0.717) is 16.7 Å². The quantitative estimate of drug-likeness (QED) is 0.571. The fraction of sp³-hybridized carbons (Fsp3) is 0.158. The van der Waals surface area contributed by atoms with Gasteiger partial charge in [-0.25, -0.2) is 13.8 Å². The van der Waals surface area contributed by atoms with E-state index in [-0.39, 0.29) is 5.56 Å². The minimum absolute atomic E-state index is 0.0732. The van der Waals surface area contributed by atoms with Gasteiger partial charge >= 0.3 is 0 Å². The van der Waals surface area contributed by atoms with Crippen LogP contribution in [0.2, 0.25) is 5.02 Å². The standard InChI is InChI=1S/C19H15ClF2N2O/c1-12-16(10-23-11-17(12)20)15-4-3-9-24-18(15)25-14-7-5-13(6-8-14)19(2,21)22/h3-11H,1-2H3. The summed E-state index contributed by atoms with van der Waals surface area (Å²) in [5.74, 6) is -2.12. The number of ether oxygens (including phenoxy) is 1. The molecule has 0 spiro atoms. The van der Waals surface area contributed by atoms with Crippen molar-refractivity contribution in [1.29, 1.82) is 0 Å². The van der Waals surface area contributed by atoms with Crippen LogP contribution in [0.5, 0.6) is 11.6 Å². The van der Waals surface area contributed by atoms with Crippen molar-refractivity contribution in [2.24, 2.45) is 0 Å². The van der Waals surface area contributed by atoms with E-state index in [0.717, 1.165) is 23.6 Å². The van der Waals surface area contributed by atoms with Gasteiger partial charge in [-0.3, -0.25) is 4.98 Å². The van der Waals surface area contributed by atoms with Crippen molar-refractivity contribution in [3.8, 4) is 22.8 Å². The zero-order chi connectivity index (χ0) is 18.0. The maximum absolute atomic E-state index is 13.3. The van der Waals surface area contributed by atoms with Gasteiger partial charge in [-0.15, -0.1) is 0 Å². The van der Waals surface area contributed by atoms with Crippen molar-refractivity contribution in [3.05, 3.63) is 71.1 Å². The molecule has 2 aromatic heterocycles. The predicted octanol–water partition coefficient (Wildman–Crippen LogP) is 6.01. The predicted molar refractivity (Wildman–Crippen MR) is 93.3 cm³/mol. The van der Waals surface area contributed by atoms with Crippen LogP contribution in [0.25, 0.3) is 11.1 Å². The lowest BCUT2D eigenvalue weighted by atomic mass is 10.0. The Bertz CT molecular complexity index is 893. The Balaban J connectivity index is 1.96. The van der Waals surface area contributed by atoms with Gasteiger partial charge in [0.2, 0.25) is 5.88 Å². The minimum Gasteiger partial charge on any atom is -0.438 e. The molecule has 3 nitrogen and oxygen atoms in total. The van der Waals surface area contributed by atoms with Gasteiger partial charge in [-0.05, 0) is 48.9 Å². The monoisotopic (exact) mass is 360 g/mol. The molecule has 3 rings (SSSR count). The SMILES string of the molecule is Cc1c(Cl)cncc1-c1cccnc1Oc1ccc(C(C)(F)F)cc1. The average molecular weight is 361 g/mol. The van der Waals surface area contributed by atoms with Crippen molar-refractivity contribution < 1.29 is 13.5 Å². The van der Waals surface area contributed by atoms with E-state index >= 15 is 0 Å². The third kappa shape index (κ3) is 3.77. The summed E-state index contributed by atoms with van der Waals surface area (Å²) in [4.78, 5) is 8.36. The van der Waals surface area contributed by atoms with E-state index in [9.17, 15) is 8.78 Å². The molecule has 0 saturated carbocycles. The van der Waals surface area contributed by atoms with Gasteiger partial charge in [0, 0.05) is 42.2 Å². The van der Waals surface area contributed by atoms with Crippen LogP contribution in [0, 0.1) is 6.92 Å². The van der Waals surface area contributed by atoms with Crippen molar-refractivity contribution in [2.45, 2.75) is 19.8 Å². The van der Waals surface area contributed by atoms with Crippen molar-refractivity contribution in [2.75, 3.05) is 0 Å². The zero-order valence-electron chi connectivity index (χ0n) is 13.6. The number of hydrogen-bond donors (Lipinski definition) is 0. The Kier molecular flexibility index (Phi) is 4.68. The molecule has 0 fully saturated rings. The summed E-state index contributed by atoms with van der Waals surface area (Å²) in [6.45, 7) is 2.74. The number of pyridine rings is 2. The molecule has 0 aliphatic carbocycles. The fourth-order valence-electron chi connectivity index (χ4n) is 2.38. The summed E-state index contributed by atoms with van der Waals surface area (Å²) >= 11 is 6.14. The van der Waals surface area contributed by atoms with E-state index < -0.39 is 5.92 Å². The molecular formula is C19H15ClF2N2O. The van der Waals surface area contributed by atoms with Gasteiger partial charge in [0.25, 0.3) is 5.92 Å². The second kappa shape index (κ2) is 6.76. The second-order valence-electron chi connectivity index (χ2n) is 5.66. The summed E-state index contributed by atoms with van der Waals surface area (Å²) in [6, 6.07) is 9.29. The Hall–Kier alpha value is -2.53. The fourth-order valence-corrected chi connectivity index (χ4v) is 2.53. The first-order valence-corrected chi connectivity index (χ1v) is 7.96. The molecule has 0 bridgehead atoms. The average Bonchev–Trinajstić information content (AvgIpc) is 2.58. The lowest BCUT2D eigenvalue weighted by Gasteiger charge is -2.14. The van der Waals surface area contributed by atoms with E-state index in [1.807, 2.05) is 13.0 Å². The van der Waals surface area contributed by atoms with Gasteiger partial charge in [0.05, 0.1) is 5.02 Å². The highest BCUT2D eigenvalue weighted by molar-refractivity contribution is 6.31. The van der Waals surface area contributed by atoms with Gasteiger partial charge < -0.3 is 4.74 Å². The summed E-state index contributed by atoms with van der Waals surface area (Å²) < 4.78 is 32.4. The van der Waals surface area contributed by atoms with E-state index in [1.54, 1.807) is 24.7 Å². The molecule has 0 N–H and O–H groups in total. The van der Waals surface area contributed by atoms with Crippen LogP contribution in [0.15, 0.2) is 55.0 Å². The third-order valence-electron chi connectivity index (χ3n) is 3.79. The Morgan fingerprint density at radius 2 is 1.76 bits per heavy atom. The first kappa shape index (κ1) is 17.3. The molecule has 0 atom stereocenters. The van der Waals surface area contributed by atoms with Crippen LogP contribution >= 0.6 is 11.6 Å². The van der Waals surface area contributed by atoms with Gasteiger partial charge in [0.15, 0.2) is 0 Å². The Labute approximate surface area is 149 Å². The highest BCUT2D eigenvalue weighted by atomic mass is 35.5. The largest absolute Gasteiger partial charge is 0.438 e.